The maximum absolute atomic E-state index is 5.78. The Kier molecular flexibility index (Phi) is 13.1. The molecule has 0 unspecified atom stereocenters. The summed E-state index contributed by atoms with van der Waals surface area (Å²) in [5.41, 5.74) is 11.6. The molecule has 0 aromatic heterocycles. The van der Waals surface area contributed by atoms with E-state index in [1.807, 2.05) is 0 Å². The van der Waals surface area contributed by atoms with Gasteiger partial charge in [-0.2, -0.15) is 0 Å². The van der Waals surface area contributed by atoms with E-state index in [4.69, 9.17) is 11.5 Å². The van der Waals surface area contributed by atoms with Crippen molar-refractivity contribution in [1.82, 2.24) is 0 Å². The van der Waals surface area contributed by atoms with Gasteiger partial charge in [-0.25, -0.2) is 0 Å². The third-order valence-electron chi connectivity index (χ3n) is 4.36. The van der Waals surface area contributed by atoms with Gasteiger partial charge in [-0.05, 0) is 37.5 Å². The van der Waals surface area contributed by atoms with Crippen LogP contribution in [0.1, 0.15) is 65.2 Å². The van der Waals surface area contributed by atoms with Gasteiger partial charge in [0.05, 0.1) is 0 Å². The molecule has 0 amide bonds. The molecule has 2 rings (SSSR count). The summed E-state index contributed by atoms with van der Waals surface area (Å²) >= 11 is 0. The minimum absolute atomic E-state index is 0. The average molecular weight is 299 g/mol. The highest BCUT2D eigenvalue weighted by Gasteiger charge is 2.16. The summed E-state index contributed by atoms with van der Waals surface area (Å²) in [7, 11) is 0. The van der Waals surface area contributed by atoms with Crippen molar-refractivity contribution in [1.29, 1.82) is 0 Å². The molecule has 0 aromatic rings. The van der Waals surface area contributed by atoms with Crippen molar-refractivity contribution in [3.05, 3.63) is 0 Å². The van der Waals surface area contributed by atoms with Crippen LogP contribution >= 0.6 is 24.8 Å². The molecule has 2 nitrogen and oxygen atoms in total. The lowest BCUT2D eigenvalue weighted by atomic mass is 9.87. The summed E-state index contributed by atoms with van der Waals surface area (Å²) in [5, 5.41) is 0. The lowest BCUT2D eigenvalue weighted by molar-refractivity contribution is 0.331. The van der Waals surface area contributed by atoms with Crippen LogP contribution in [0.15, 0.2) is 0 Å². The van der Waals surface area contributed by atoms with Crippen LogP contribution in [0.2, 0.25) is 0 Å². The van der Waals surface area contributed by atoms with Crippen molar-refractivity contribution in [3.63, 3.8) is 0 Å². The first-order chi connectivity index (χ1) is 7.61. The Morgan fingerprint density at radius 2 is 0.889 bits per heavy atom. The van der Waals surface area contributed by atoms with Crippen LogP contribution < -0.4 is 11.5 Å². The highest BCUT2D eigenvalue weighted by Crippen LogP contribution is 2.22. The van der Waals surface area contributed by atoms with E-state index >= 15 is 0 Å². The van der Waals surface area contributed by atoms with E-state index in [1.54, 1.807) is 0 Å². The largest absolute Gasteiger partial charge is 0.327 e. The van der Waals surface area contributed by atoms with Crippen LogP contribution in [-0.2, 0) is 0 Å². The van der Waals surface area contributed by atoms with Crippen molar-refractivity contribution in [2.45, 2.75) is 77.3 Å². The van der Waals surface area contributed by atoms with Crippen LogP contribution in [-0.4, -0.2) is 12.1 Å². The standard InChI is InChI=1S/2C7H15N.2ClH/c2*1-6-4-2-3-5-7(6)8;;/h2*6-7H,2-5,8H2,1H3;2*1H/t2*6-,7+;;/m10../s1. The zero-order chi connectivity index (χ0) is 12.0. The van der Waals surface area contributed by atoms with Gasteiger partial charge in [-0.15, -0.1) is 24.8 Å². The molecule has 0 heterocycles. The second-order valence-electron chi connectivity index (χ2n) is 5.85. The third kappa shape index (κ3) is 7.83. The van der Waals surface area contributed by atoms with Gasteiger partial charge in [0.25, 0.3) is 0 Å². The molecule has 112 valence electrons. The van der Waals surface area contributed by atoms with Crippen molar-refractivity contribution < 1.29 is 0 Å². The van der Waals surface area contributed by atoms with Crippen molar-refractivity contribution in [3.8, 4) is 0 Å². The molecule has 4 N–H and O–H groups in total. The average Bonchev–Trinajstić information content (AvgIpc) is 2.28. The Balaban J connectivity index is 0. The summed E-state index contributed by atoms with van der Waals surface area (Å²) in [6.45, 7) is 4.51. The summed E-state index contributed by atoms with van der Waals surface area (Å²) in [6.07, 6.45) is 10.7. The first-order valence-electron chi connectivity index (χ1n) is 7.12. The van der Waals surface area contributed by atoms with E-state index in [9.17, 15) is 0 Å². The molecule has 0 bridgehead atoms. The van der Waals surface area contributed by atoms with Gasteiger partial charge in [0, 0.05) is 12.1 Å². The molecule has 2 aliphatic carbocycles. The van der Waals surface area contributed by atoms with E-state index < -0.39 is 0 Å². The number of rotatable bonds is 0. The molecule has 0 spiro atoms. The second-order valence-corrected chi connectivity index (χ2v) is 5.85. The number of halogens is 2. The van der Waals surface area contributed by atoms with Crippen LogP contribution in [0.5, 0.6) is 0 Å². The monoisotopic (exact) mass is 298 g/mol. The van der Waals surface area contributed by atoms with Gasteiger partial charge in [-0.1, -0.05) is 39.5 Å². The maximum Gasteiger partial charge on any atom is 0.00645 e. The highest BCUT2D eigenvalue weighted by atomic mass is 35.5. The van der Waals surface area contributed by atoms with Gasteiger partial charge in [0.1, 0.15) is 0 Å². The Morgan fingerprint density at radius 1 is 0.611 bits per heavy atom. The smallest absolute Gasteiger partial charge is 0.00645 e. The second kappa shape index (κ2) is 11.3. The molecule has 2 aliphatic rings. The molecule has 4 heteroatoms. The van der Waals surface area contributed by atoms with Crippen LogP contribution in [0, 0.1) is 11.8 Å². The Labute approximate surface area is 125 Å². The fourth-order valence-electron chi connectivity index (χ4n) is 2.69. The predicted molar refractivity (Wildman–Crippen MR) is 85.7 cm³/mol. The minimum Gasteiger partial charge on any atom is -0.327 e. The zero-order valence-corrected chi connectivity index (χ0v) is 13.6. The van der Waals surface area contributed by atoms with E-state index in [0.717, 1.165) is 11.8 Å². The number of nitrogens with two attached hydrogens (primary N) is 2. The molecule has 18 heavy (non-hydrogen) atoms. The van der Waals surface area contributed by atoms with Crippen LogP contribution in [0.25, 0.3) is 0 Å². The molecular weight excluding hydrogens is 267 g/mol. The molecule has 4 atom stereocenters. The van der Waals surface area contributed by atoms with E-state index in [-0.39, 0.29) is 24.8 Å². The van der Waals surface area contributed by atoms with E-state index in [2.05, 4.69) is 13.8 Å². The van der Waals surface area contributed by atoms with Crippen LogP contribution in [0.3, 0.4) is 0 Å². The van der Waals surface area contributed by atoms with Crippen molar-refractivity contribution >= 4 is 24.8 Å². The third-order valence-corrected chi connectivity index (χ3v) is 4.36. The summed E-state index contributed by atoms with van der Waals surface area (Å²) < 4.78 is 0. The SMILES string of the molecule is C[C@@H]1CCCC[C@@H]1N.C[C@H]1CCCC[C@H]1N.Cl.Cl. The van der Waals surface area contributed by atoms with E-state index in [1.165, 1.54) is 51.4 Å². The Bertz CT molecular complexity index is 151. The normalized spacial score (nSPS) is 35.3. The molecule has 2 fully saturated rings. The Hall–Kier alpha value is 0.500. The maximum atomic E-state index is 5.78. The van der Waals surface area contributed by atoms with Gasteiger partial charge in [-0.3, -0.25) is 0 Å². The highest BCUT2D eigenvalue weighted by molar-refractivity contribution is 5.85. The Morgan fingerprint density at radius 3 is 1.06 bits per heavy atom. The fraction of sp³-hybridized carbons (Fsp3) is 1.00. The van der Waals surface area contributed by atoms with Gasteiger partial charge in [0.15, 0.2) is 0 Å². The van der Waals surface area contributed by atoms with Crippen molar-refractivity contribution in [2.24, 2.45) is 23.3 Å². The first kappa shape index (κ1) is 20.8. The molecule has 2 saturated carbocycles. The van der Waals surface area contributed by atoms with Crippen LogP contribution in [0.4, 0.5) is 0 Å². The van der Waals surface area contributed by atoms with Gasteiger partial charge in [0.2, 0.25) is 0 Å². The van der Waals surface area contributed by atoms with Gasteiger partial charge < -0.3 is 11.5 Å². The summed E-state index contributed by atoms with van der Waals surface area (Å²) in [5.74, 6) is 1.56. The number of hydrogen-bond donors (Lipinski definition) is 2. The molecular formula is C14H32Cl2N2. The summed E-state index contributed by atoms with van der Waals surface area (Å²) in [6, 6.07) is 1.01. The van der Waals surface area contributed by atoms with Gasteiger partial charge >= 0.3 is 0 Å². The summed E-state index contributed by atoms with van der Waals surface area (Å²) in [4.78, 5) is 0. The lowest BCUT2D eigenvalue weighted by Gasteiger charge is -2.24. The fourth-order valence-corrected chi connectivity index (χ4v) is 2.69. The predicted octanol–water partition coefficient (Wildman–Crippen LogP) is 3.89. The first-order valence-corrected chi connectivity index (χ1v) is 7.12. The molecule has 0 aliphatic heterocycles. The minimum atomic E-state index is 0. The quantitative estimate of drug-likeness (QED) is 0.713. The molecule has 0 radical (unpaired) electrons. The van der Waals surface area contributed by atoms with E-state index in [0.29, 0.717) is 12.1 Å². The number of hydrogen-bond acceptors (Lipinski definition) is 2. The topological polar surface area (TPSA) is 52.0 Å². The zero-order valence-electron chi connectivity index (χ0n) is 11.9. The van der Waals surface area contributed by atoms with Crippen molar-refractivity contribution in [2.75, 3.05) is 0 Å². The molecule has 0 aromatic carbocycles. The molecule has 0 saturated heterocycles. The lowest BCUT2D eigenvalue weighted by Crippen LogP contribution is -2.30.